The first-order valence-corrected chi connectivity index (χ1v) is 7.70. The number of thiazole rings is 1. The van der Waals surface area contributed by atoms with Gasteiger partial charge in [0.25, 0.3) is 0 Å². The molecule has 0 bridgehead atoms. The molecule has 0 radical (unpaired) electrons. The molecule has 0 fully saturated rings. The molecule has 0 aromatic carbocycles. The standard InChI is InChI=1S/C14H21N5S/c1-4-5-15-6-12-7-16-14(17-8-12)19(3)9-13-10-20-11(2)18-13/h7-8,10,15H,4-6,9H2,1-3H3. The summed E-state index contributed by atoms with van der Waals surface area (Å²) in [5, 5.41) is 6.51. The zero-order chi connectivity index (χ0) is 14.4. The molecular formula is C14H21N5S. The number of hydrogen-bond donors (Lipinski definition) is 1. The fourth-order valence-corrected chi connectivity index (χ4v) is 2.44. The Morgan fingerprint density at radius 3 is 2.65 bits per heavy atom. The summed E-state index contributed by atoms with van der Waals surface area (Å²) >= 11 is 1.67. The lowest BCUT2D eigenvalue weighted by molar-refractivity contribution is 0.671. The molecule has 0 aliphatic heterocycles. The van der Waals surface area contributed by atoms with Gasteiger partial charge in [-0.1, -0.05) is 6.92 Å². The van der Waals surface area contributed by atoms with Crippen molar-refractivity contribution in [2.75, 3.05) is 18.5 Å². The van der Waals surface area contributed by atoms with Crippen molar-refractivity contribution in [3.05, 3.63) is 34.0 Å². The van der Waals surface area contributed by atoms with E-state index in [0.717, 1.165) is 48.3 Å². The highest BCUT2D eigenvalue weighted by molar-refractivity contribution is 7.09. The van der Waals surface area contributed by atoms with E-state index in [0.29, 0.717) is 0 Å². The predicted octanol–water partition coefficient (Wildman–Crippen LogP) is 2.38. The number of aryl methyl sites for hydroxylation is 1. The topological polar surface area (TPSA) is 53.9 Å². The fourth-order valence-electron chi connectivity index (χ4n) is 1.84. The van der Waals surface area contributed by atoms with E-state index in [4.69, 9.17) is 0 Å². The third-order valence-electron chi connectivity index (χ3n) is 2.85. The van der Waals surface area contributed by atoms with Gasteiger partial charge in [0.05, 0.1) is 17.2 Å². The van der Waals surface area contributed by atoms with E-state index in [9.17, 15) is 0 Å². The van der Waals surface area contributed by atoms with Crippen LogP contribution in [-0.4, -0.2) is 28.5 Å². The van der Waals surface area contributed by atoms with E-state index in [-0.39, 0.29) is 0 Å². The number of hydrogen-bond acceptors (Lipinski definition) is 6. The van der Waals surface area contributed by atoms with Gasteiger partial charge in [0.15, 0.2) is 0 Å². The third-order valence-corrected chi connectivity index (χ3v) is 3.68. The zero-order valence-electron chi connectivity index (χ0n) is 12.3. The maximum absolute atomic E-state index is 4.45. The minimum absolute atomic E-state index is 0.731. The molecule has 0 unspecified atom stereocenters. The number of nitrogens with one attached hydrogen (secondary N) is 1. The summed E-state index contributed by atoms with van der Waals surface area (Å²) in [5.74, 6) is 0.731. The Balaban J connectivity index is 1.91. The Kier molecular flexibility index (Phi) is 5.43. The summed E-state index contributed by atoms with van der Waals surface area (Å²) < 4.78 is 0. The molecular weight excluding hydrogens is 270 g/mol. The van der Waals surface area contributed by atoms with Crippen molar-refractivity contribution in [1.82, 2.24) is 20.3 Å². The molecule has 0 aliphatic carbocycles. The Labute approximate surface area is 124 Å². The van der Waals surface area contributed by atoms with Gasteiger partial charge in [-0.3, -0.25) is 0 Å². The quantitative estimate of drug-likeness (QED) is 0.794. The number of rotatable bonds is 7. The summed E-state index contributed by atoms with van der Waals surface area (Å²) in [6.07, 6.45) is 4.90. The predicted molar refractivity (Wildman–Crippen MR) is 83.0 cm³/mol. The first kappa shape index (κ1) is 14.9. The summed E-state index contributed by atoms with van der Waals surface area (Å²) in [6, 6.07) is 0. The van der Waals surface area contributed by atoms with Crippen molar-refractivity contribution in [2.24, 2.45) is 0 Å². The SMILES string of the molecule is CCCNCc1cnc(N(C)Cc2csc(C)n2)nc1. The number of nitrogens with zero attached hydrogens (tertiary/aromatic N) is 4. The molecule has 0 saturated heterocycles. The van der Waals surface area contributed by atoms with Gasteiger partial charge < -0.3 is 10.2 Å². The van der Waals surface area contributed by atoms with Gasteiger partial charge >= 0.3 is 0 Å². The van der Waals surface area contributed by atoms with Gasteiger partial charge in [-0.15, -0.1) is 11.3 Å². The average molecular weight is 291 g/mol. The monoisotopic (exact) mass is 291 g/mol. The first-order chi connectivity index (χ1) is 9.69. The van der Waals surface area contributed by atoms with Gasteiger partial charge in [-0.25, -0.2) is 15.0 Å². The van der Waals surface area contributed by atoms with Crippen LogP contribution in [0.15, 0.2) is 17.8 Å². The minimum Gasteiger partial charge on any atom is -0.338 e. The largest absolute Gasteiger partial charge is 0.338 e. The minimum atomic E-state index is 0.731. The van der Waals surface area contributed by atoms with Gasteiger partial charge in [-0.2, -0.15) is 0 Å². The summed E-state index contributed by atoms with van der Waals surface area (Å²) in [4.78, 5) is 15.3. The molecule has 1 N–H and O–H groups in total. The van der Waals surface area contributed by atoms with Gasteiger partial charge in [0.2, 0.25) is 5.95 Å². The summed E-state index contributed by atoms with van der Waals surface area (Å²) in [6.45, 7) is 6.75. The van der Waals surface area contributed by atoms with Crippen LogP contribution >= 0.6 is 11.3 Å². The van der Waals surface area contributed by atoms with Crippen LogP contribution in [0.1, 0.15) is 29.6 Å². The normalized spacial score (nSPS) is 10.8. The second kappa shape index (κ2) is 7.31. The van der Waals surface area contributed by atoms with Crippen molar-refractivity contribution in [3.8, 4) is 0 Å². The maximum Gasteiger partial charge on any atom is 0.225 e. The number of anilines is 1. The molecule has 2 aromatic rings. The van der Waals surface area contributed by atoms with E-state index in [2.05, 4.69) is 32.6 Å². The van der Waals surface area contributed by atoms with Crippen molar-refractivity contribution in [2.45, 2.75) is 33.4 Å². The van der Waals surface area contributed by atoms with Crippen LogP contribution in [0.5, 0.6) is 0 Å². The Bertz CT molecular complexity index is 523. The fraction of sp³-hybridized carbons (Fsp3) is 0.500. The lowest BCUT2D eigenvalue weighted by Gasteiger charge is -2.15. The Hall–Kier alpha value is -1.53. The molecule has 0 spiro atoms. The second-order valence-corrected chi connectivity index (χ2v) is 5.84. The summed E-state index contributed by atoms with van der Waals surface area (Å²) in [5.41, 5.74) is 2.17. The van der Waals surface area contributed by atoms with Gasteiger partial charge in [0, 0.05) is 36.9 Å². The smallest absolute Gasteiger partial charge is 0.225 e. The van der Waals surface area contributed by atoms with Crippen molar-refractivity contribution in [3.63, 3.8) is 0 Å². The van der Waals surface area contributed by atoms with E-state index in [1.807, 2.05) is 31.3 Å². The van der Waals surface area contributed by atoms with Crippen molar-refractivity contribution < 1.29 is 0 Å². The van der Waals surface area contributed by atoms with Crippen LogP contribution in [0.25, 0.3) is 0 Å². The van der Waals surface area contributed by atoms with E-state index < -0.39 is 0 Å². The van der Waals surface area contributed by atoms with E-state index in [1.165, 1.54) is 0 Å². The maximum atomic E-state index is 4.45. The number of aromatic nitrogens is 3. The average Bonchev–Trinajstić information content (AvgIpc) is 2.85. The van der Waals surface area contributed by atoms with Crippen LogP contribution in [0.2, 0.25) is 0 Å². The molecule has 0 saturated carbocycles. The van der Waals surface area contributed by atoms with Crippen LogP contribution < -0.4 is 10.2 Å². The molecule has 5 nitrogen and oxygen atoms in total. The molecule has 2 rings (SSSR count). The van der Waals surface area contributed by atoms with Gasteiger partial charge in [0.1, 0.15) is 0 Å². The van der Waals surface area contributed by atoms with Crippen molar-refractivity contribution in [1.29, 1.82) is 0 Å². The molecule has 20 heavy (non-hydrogen) atoms. The molecule has 0 aliphatic rings. The highest BCUT2D eigenvalue weighted by atomic mass is 32.1. The highest BCUT2D eigenvalue weighted by Crippen LogP contribution is 2.13. The highest BCUT2D eigenvalue weighted by Gasteiger charge is 2.07. The van der Waals surface area contributed by atoms with Crippen molar-refractivity contribution >= 4 is 17.3 Å². The molecule has 2 heterocycles. The van der Waals surface area contributed by atoms with Crippen LogP contribution in [0.3, 0.4) is 0 Å². The lowest BCUT2D eigenvalue weighted by Crippen LogP contribution is -2.20. The first-order valence-electron chi connectivity index (χ1n) is 6.83. The molecule has 0 atom stereocenters. The lowest BCUT2D eigenvalue weighted by atomic mass is 10.3. The summed E-state index contributed by atoms with van der Waals surface area (Å²) in [7, 11) is 1.99. The van der Waals surface area contributed by atoms with Crippen LogP contribution in [0.4, 0.5) is 5.95 Å². The van der Waals surface area contributed by atoms with E-state index >= 15 is 0 Å². The third kappa shape index (κ3) is 4.25. The second-order valence-electron chi connectivity index (χ2n) is 4.78. The molecule has 0 amide bonds. The van der Waals surface area contributed by atoms with Gasteiger partial charge in [-0.05, 0) is 19.9 Å². The van der Waals surface area contributed by atoms with Crippen LogP contribution in [-0.2, 0) is 13.1 Å². The van der Waals surface area contributed by atoms with E-state index in [1.54, 1.807) is 11.3 Å². The van der Waals surface area contributed by atoms with Crippen LogP contribution in [0, 0.1) is 6.92 Å². The molecule has 6 heteroatoms. The zero-order valence-corrected chi connectivity index (χ0v) is 13.1. The Morgan fingerprint density at radius 2 is 2.05 bits per heavy atom. The molecule has 2 aromatic heterocycles. The Morgan fingerprint density at radius 1 is 1.30 bits per heavy atom. The molecule has 108 valence electrons.